The van der Waals surface area contributed by atoms with Crippen molar-refractivity contribution in [2.24, 2.45) is 5.92 Å². The van der Waals surface area contributed by atoms with Crippen molar-refractivity contribution in [1.29, 1.82) is 0 Å². The van der Waals surface area contributed by atoms with Crippen LogP contribution >= 0.6 is 0 Å². The molecular formula is C25H22N2O4. The summed E-state index contributed by atoms with van der Waals surface area (Å²) in [6, 6.07) is 24.1. The van der Waals surface area contributed by atoms with Crippen molar-refractivity contribution in [2.45, 2.75) is 19.1 Å². The van der Waals surface area contributed by atoms with Crippen LogP contribution in [-0.4, -0.2) is 25.0 Å². The predicted octanol–water partition coefficient (Wildman–Crippen LogP) is 4.05. The van der Waals surface area contributed by atoms with E-state index < -0.39 is 18.1 Å². The summed E-state index contributed by atoms with van der Waals surface area (Å²) in [7, 11) is 1.57. The quantitative estimate of drug-likeness (QED) is 0.603. The first kappa shape index (κ1) is 19.3. The van der Waals surface area contributed by atoms with Gasteiger partial charge in [0.1, 0.15) is 11.7 Å². The topological polar surface area (TPSA) is 59.1 Å². The molecule has 2 amide bonds. The minimum atomic E-state index is -0.874. The van der Waals surface area contributed by atoms with E-state index in [1.54, 1.807) is 36.4 Å². The van der Waals surface area contributed by atoms with Gasteiger partial charge in [-0.3, -0.25) is 14.4 Å². The molecule has 3 aromatic carbocycles. The zero-order valence-electron chi connectivity index (χ0n) is 17.3. The van der Waals surface area contributed by atoms with E-state index in [2.05, 4.69) is 0 Å². The number of amides is 2. The van der Waals surface area contributed by atoms with Gasteiger partial charge in [0, 0.05) is 0 Å². The molecule has 2 saturated heterocycles. The van der Waals surface area contributed by atoms with Crippen LogP contribution < -0.4 is 14.7 Å². The number of ether oxygens (including phenoxy) is 1. The SMILES string of the molecule is COc1ccc(N2C(=O)[C@@H]3[C@H](ON(c4ccccc4)[C@H]3c3ccc(C)cc3)C2=O)cc1. The number of nitrogens with zero attached hydrogens (tertiary/aromatic N) is 2. The van der Waals surface area contributed by atoms with Crippen LogP contribution in [0.5, 0.6) is 5.75 Å². The van der Waals surface area contributed by atoms with E-state index in [0.717, 1.165) is 16.8 Å². The lowest BCUT2D eigenvalue weighted by Crippen LogP contribution is -2.37. The largest absolute Gasteiger partial charge is 0.497 e. The molecule has 2 heterocycles. The molecule has 2 aliphatic heterocycles. The van der Waals surface area contributed by atoms with E-state index >= 15 is 0 Å². The number of fused-ring (bicyclic) bond motifs is 1. The lowest BCUT2D eigenvalue weighted by molar-refractivity contribution is -0.126. The molecule has 2 aliphatic rings. The summed E-state index contributed by atoms with van der Waals surface area (Å²) in [5.41, 5.74) is 3.38. The van der Waals surface area contributed by atoms with Crippen molar-refractivity contribution in [1.82, 2.24) is 0 Å². The van der Waals surface area contributed by atoms with E-state index in [1.807, 2.05) is 61.5 Å². The molecule has 0 N–H and O–H groups in total. The summed E-state index contributed by atoms with van der Waals surface area (Å²) >= 11 is 0. The third kappa shape index (κ3) is 3.16. The molecule has 31 heavy (non-hydrogen) atoms. The van der Waals surface area contributed by atoms with Gasteiger partial charge in [-0.2, -0.15) is 0 Å². The Morgan fingerprint density at radius 1 is 0.806 bits per heavy atom. The number of benzene rings is 3. The zero-order valence-corrected chi connectivity index (χ0v) is 17.3. The number of aryl methyl sites for hydroxylation is 1. The first-order chi connectivity index (χ1) is 15.1. The normalized spacial score (nSPS) is 22.7. The van der Waals surface area contributed by atoms with Crippen LogP contribution in [0.4, 0.5) is 11.4 Å². The van der Waals surface area contributed by atoms with Crippen molar-refractivity contribution in [3.05, 3.63) is 90.0 Å². The highest BCUT2D eigenvalue weighted by atomic mass is 16.7. The maximum atomic E-state index is 13.5. The number of anilines is 2. The van der Waals surface area contributed by atoms with Gasteiger partial charge in [-0.05, 0) is 48.9 Å². The molecule has 6 heteroatoms. The van der Waals surface area contributed by atoms with Crippen molar-refractivity contribution in [3.8, 4) is 5.75 Å². The third-order valence-electron chi connectivity index (χ3n) is 5.88. The van der Waals surface area contributed by atoms with Crippen molar-refractivity contribution in [3.63, 3.8) is 0 Å². The zero-order chi connectivity index (χ0) is 21.5. The molecule has 0 spiro atoms. The fourth-order valence-electron chi connectivity index (χ4n) is 4.30. The third-order valence-corrected chi connectivity index (χ3v) is 5.88. The van der Waals surface area contributed by atoms with E-state index in [9.17, 15) is 9.59 Å². The highest BCUT2D eigenvalue weighted by molar-refractivity contribution is 6.23. The number of methoxy groups -OCH3 is 1. The van der Waals surface area contributed by atoms with Crippen LogP contribution in [-0.2, 0) is 14.4 Å². The Labute approximate surface area is 180 Å². The summed E-state index contributed by atoms with van der Waals surface area (Å²) < 4.78 is 5.19. The minimum Gasteiger partial charge on any atom is -0.497 e. The van der Waals surface area contributed by atoms with Crippen molar-refractivity contribution >= 4 is 23.2 Å². The predicted molar refractivity (Wildman–Crippen MR) is 117 cm³/mol. The number of hydroxylamine groups is 1. The number of rotatable bonds is 4. The van der Waals surface area contributed by atoms with Crippen LogP contribution in [0.15, 0.2) is 78.9 Å². The van der Waals surface area contributed by atoms with Gasteiger partial charge in [0.15, 0.2) is 6.10 Å². The smallest absolute Gasteiger partial charge is 0.266 e. The average molecular weight is 414 g/mol. The Bertz CT molecular complexity index is 1110. The van der Waals surface area contributed by atoms with Crippen molar-refractivity contribution < 1.29 is 19.2 Å². The second-order valence-electron chi connectivity index (χ2n) is 7.78. The van der Waals surface area contributed by atoms with E-state index in [1.165, 1.54) is 4.90 Å². The van der Waals surface area contributed by atoms with Gasteiger partial charge in [0.25, 0.3) is 5.91 Å². The number of hydrogen-bond donors (Lipinski definition) is 0. The Balaban J connectivity index is 1.56. The van der Waals surface area contributed by atoms with Gasteiger partial charge < -0.3 is 4.74 Å². The van der Waals surface area contributed by atoms with Crippen LogP contribution in [0.1, 0.15) is 17.2 Å². The average Bonchev–Trinajstić information content (AvgIpc) is 3.31. The summed E-state index contributed by atoms with van der Waals surface area (Å²) in [6.45, 7) is 2.02. The molecule has 0 bridgehead atoms. The molecule has 6 nitrogen and oxygen atoms in total. The van der Waals surface area contributed by atoms with Gasteiger partial charge in [-0.1, -0.05) is 48.0 Å². The molecule has 0 radical (unpaired) electrons. The fourth-order valence-corrected chi connectivity index (χ4v) is 4.30. The Morgan fingerprint density at radius 3 is 2.13 bits per heavy atom. The number of carbonyl (C=O) groups is 2. The number of carbonyl (C=O) groups excluding carboxylic acids is 2. The second-order valence-corrected chi connectivity index (χ2v) is 7.78. The number of para-hydroxylation sites is 1. The highest BCUT2D eigenvalue weighted by Crippen LogP contribution is 2.47. The van der Waals surface area contributed by atoms with Gasteiger partial charge in [0.05, 0.1) is 24.5 Å². The summed E-state index contributed by atoms with van der Waals surface area (Å²) in [5.74, 6) is -0.593. The molecule has 0 unspecified atom stereocenters. The highest BCUT2D eigenvalue weighted by Gasteiger charge is 2.60. The molecular weight excluding hydrogens is 392 g/mol. The Morgan fingerprint density at radius 2 is 1.48 bits per heavy atom. The molecule has 3 aromatic rings. The molecule has 0 saturated carbocycles. The van der Waals surface area contributed by atoms with Gasteiger partial charge in [-0.25, -0.2) is 9.96 Å². The molecule has 3 atom stereocenters. The van der Waals surface area contributed by atoms with E-state index in [-0.39, 0.29) is 11.8 Å². The second kappa shape index (κ2) is 7.56. The molecule has 2 fully saturated rings. The standard InChI is InChI=1S/C25H22N2O4/c1-16-8-10-17(11-9-16)22-21-23(31-27(22)19-6-4-3-5-7-19)25(29)26(24(21)28)18-12-14-20(30-2)15-13-18/h3-15,21-23H,1-2H3/t21-,22-,23-/m0/s1. The van der Waals surface area contributed by atoms with Crippen molar-refractivity contribution in [2.75, 3.05) is 17.1 Å². The molecule has 0 aliphatic carbocycles. The lowest BCUT2D eigenvalue weighted by Gasteiger charge is -2.28. The molecule has 156 valence electrons. The van der Waals surface area contributed by atoms with Crippen LogP contribution in [0, 0.1) is 12.8 Å². The number of hydrogen-bond acceptors (Lipinski definition) is 5. The lowest BCUT2D eigenvalue weighted by atomic mass is 9.90. The first-order valence-corrected chi connectivity index (χ1v) is 10.2. The number of imide groups is 1. The molecule has 5 rings (SSSR count). The Hall–Kier alpha value is -3.64. The van der Waals surface area contributed by atoms with Gasteiger partial charge in [-0.15, -0.1) is 0 Å². The monoisotopic (exact) mass is 414 g/mol. The van der Waals surface area contributed by atoms with Gasteiger partial charge in [0.2, 0.25) is 5.91 Å². The molecule has 0 aromatic heterocycles. The van der Waals surface area contributed by atoms with Crippen LogP contribution in [0.3, 0.4) is 0 Å². The Kier molecular flexibility index (Phi) is 4.71. The minimum absolute atomic E-state index is 0.260. The summed E-state index contributed by atoms with van der Waals surface area (Å²) in [6.07, 6.45) is -0.874. The first-order valence-electron chi connectivity index (χ1n) is 10.2. The van der Waals surface area contributed by atoms with E-state index in [4.69, 9.17) is 9.57 Å². The van der Waals surface area contributed by atoms with Crippen LogP contribution in [0.2, 0.25) is 0 Å². The van der Waals surface area contributed by atoms with Crippen LogP contribution in [0.25, 0.3) is 0 Å². The maximum Gasteiger partial charge on any atom is 0.266 e. The summed E-state index contributed by atoms with van der Waals surface area (Å²) in [4.78, 5) is 34.2. The fraction of sp³-hybridized carbons (Fsp3) is 0.200. The van der Waals surface area contributed by atoms with Gasteiger partial charge >= 0.3 is 0 Å². The summed E-state index contributed by atoms with van der Waals surface area (Å²) in [5, 5.41) is 1.71. The van der Waals surface area contributed by atoms with E-state index in [0.29, 0.717) is 11.4 Å². The maximum absolute atomic E-state index is 13.5.